The summed E-state index contributed by atoms with van der Waals surface area (Å²) in [5, 5.41) is 7.64. The number of H-pyrrole nitrogens is 1. The number of fused-ring (bicyclic) bond motifs is 3. The van der Waals surface area contributed by atoms with E-state index in [4.69, 9.17) is 23.8 Å². The highest BCUT2D eigenvalue weighted by Gasteiger charge is 2.50. The van der Waals surface area contributed by atoms with Gasteiger partial charge in [0.2, 0.25) is 0 Å². The van der Waals surface area contributed by atoms with Gasteiger partial charge in [-0.25, -0.2) is 18.7 Å². The third kappa shape index (κ3) is 7.40. The maximum absolute atomic E-state index is 13.1. The number of benzene rings is 1. The molecule has 0 radical (unpaired) electrons. The van der Waals surface area contributed by atoms with Crippen LogP contribution in [0.1, 0.15) is 55.8 Å². The predicted octanol–water partition coefficient (Wildman–Crippen LogP) is 5.34. The van der Waals surface area contributed by atoms with Crippen LogP contribution in [0.4, 0.5) is 20.3 Å². The Hall–Kier alpha value is -5.39. The molecule has 266 valence electrons. The Morgan fingerprint density at radius 3 is 2.59 bits per heavy atom. The maximum atomic E-state index is 13.1. The van der Waals surface area contributed by atoms with E-state index < -0.39 is 12.2 Å². The number of rotatable bonds is 4. The Kier molecular flexibility index (Phi) is 10.9. The van der Waals surface area contributed by atoms with Crippen LogP contribution < -0.4 is 15.4 Å². The van der Waals surface area contributed by atoms with E-state index >= 15 is 0 Å². The molecule has 14 heteroatoms. The van der Waals surface area contributed by atoms with E-state index in [1.807, 2.05) is 47.4 Å². The van der Waals surface area contributed by atoms with Gasteiger partial charge in [0.25, 0.3) is 18.5 Å². The molecule has 4 aromatic heterocycles. The molecule has 1 spiro atoms. The van der Waals surface area contributed by atoms with Crippen molar-refractivity contribution < 1.29 is 32.6 Å². The molecule has 3 aliphatic heterocycles. The summed E-state index contributed by atoms with van der Waals surface area (Å²) < 4.78 is 43.3. The summed E-state index contributed by atoms with van der Waals surface area (Å²) in [6.45, 7) is 7.92. The fraction of sp³-hybridized carbons (Fsp3) is 0.378. The third-order valence-electron chi connectivity index (χ3n) is 9.22. The summed E-state index contributed by atoms with van der Waals surface area (Å²) in [6.07, 6.45) is 3.66. The van der Waals surface area contributed by atoms with Crippen molar-refractivity contribution >= 4 is 40.0 Å². The van der Waals surface area contributed by atoms with E-state index in [9.17, 15) is 13.6 Å². The summed E-state index contributed by atoms with van der Waals surface area (Å²) in [5.41, 5.74) is 4.49. The van der Waals surface area contributed by atoms with Crippen molar-refractivity contribution in [2.75, 3.05) is 49.3 Å². The number of pyridine rings is 2. The Morgan fingerprint density at radius 1 is 1.12 bits per heavy atom. The number of hydrogen-bond donors (Lipinski definition) is 2. The molecule has 0 aliphatic carbocycles. The van der Waals surface area contributed by atoms with Gasteiger partial charge in [-0.2, -0.15) is 0 Å². The van der Waals surface area contributed by atoms with Gasteiger partial charge in [-0.05, 0) is 56.5 Å². The van der Waals surface area contributed by atoms with E-state index in [-0.39, 0.29) is 23.7 Å². The quantitative estimate of drug-likeness (QED) is 0.185. The summed E-state index contributed by atoms with van der Waals surface area (Å²) >= 11 is 0. The number of ether oxygens (including phenoxy) is 2. The first-order valence-corrected chi connectivity index (χ1v) is 16.8. The smallest absolute Gasteiger partial charge is 0.297 e. The van der Waals surface area contributed by atoms with E-state index in [0.29, 0.717) is 54.6 Å². The molecule has 1 atom stereocenters. The Morgan fingerprint density at radius 2 is 1.88 bits per heavy atom. The second-order valence-corrected chi connectivity index (χ2v) is 12.3. The van der Waals surface area contributed by atoms with Crippen molar-refractivity contribution in [1.29, 1.82) is 0 Å². The van der Waals surface area contributed by atoms with Crippen LogP contribution in [-0.4, -0.2) is 82.6 Å². The van der Waals surface area contributed by atoms with Crippen molar-refractivity contribution in [2.45, 2.75) is 51.2 Å². The molecule has 7 heterocycles. The Bertz CT molecular complexity index is 2120. The van der Waals surface area contributed by atoms with Gasteiger partial charge in [-0.3, -0.25) is 14.6 Å². The predicted molar refractivity (Wildman–Crippen MR) is 187 cm³/mol. The normalized spacial score (nSPS) is 17.6. The van der Waals surface area contributed by atoms with Crippen molar-refractivity contribution in [1.82, 2.24) is 19.9 Å². The summed E-state index contributed by atoms with van der Waals surface area (Å²) in [5.74, 6) is 6.40. The number of hydrogen-bond acceptors (Lipinski definition) is 10. The lowest BCUT2D eigenvalue weighted by atomic mass is 9.90. The molecule has 3 aliphatic rings. The molecule has 8 rings (SSSR count). The minimum atomic E-state index is -2.69. The van der Waals surface area contributed by atoms with E-state index in [1.54, 1.807) is 12.4 Å². The standard InChI is InChI=1S/C21H23N3O3.C15H13F2N3O.CH2O2/c1-3-18-17(5-4-8-22-18)7-6-16-11-19(20(25)23-12-16)24-9-10-27-21(15(24)2)13-26-14-21;16-13(17)14-18-11-9-5-1-2-6-10(9)21-12(11)15(19-14)20-7-3-4-8-20;2-1-3/h4-5,8,11-12,15H,3,9-10,13-14H2,1-2H3,(H,23,25);1-2,5-6,13H,3-4,7-8H2;1H,(H,2,3). The van der Waals surface area contributed by atoms with Crippen molar-refractivity contribution in [3.8, 4) is 11.8 Å². The lowest BCUT2D eigenvalue weighted by molar-refractivity contribution is -0.228. The number of nitrogens with one attached hydrogen (secondary N) is 1. The molecule has 12 nitrogen and oxygen atoms in total. The zero-order valence-electron chi connectivity index (χ0n) is 28.3. The van der Waals surface area contributed by atoms with Crippen LogP contribution in [0.25, 0.3) is 22.1 Å². The molecule has 5 aromatic rings. The summed E-state index contributed by atoms with van der Waals surface area (Å²) in [4.78, 5) is 40.2. The van der Waals surface area contributed by atoms with Gasteiger partial charge in [0.15, 0.2) is 17.2 Å². The number of furan rings is 1. The number of morpholine rings is 1. The minimum Gasteiger partial charge on any atom is -0.483 e. The Balaban J connectivity index is 0.000000167. The largest absolute Gasteiger partial charge is 0.483 e. The summed E-state index contributed by atoms with van der Waals surface area (Å²) in [6, 6.07) is 13.1. The number of carboxylic acid groups (broad SMARTS) is 1. The molecule has 0 amide bonds. The number of para-hydroxylation sites is 1. The summed E-state index contributed by atoms with van der Waals surface area (Å²) in [7, 11) is 0. The van der Waals surface area contributed by atoms with Crippen LogP contribution in [0.15, 0.2) is 64.1 Å². The molecule has 1 aromatic carbocycles. The van der Waals surface area contributed by atoms with Crippen LogP contribution in [0, 0.1) is 11.8 Å². The highest BCUT2D eigenvalue weighted by Crippen LogP contribution is 2.36. The van der Waals surface area contributed by atoms with Crippen LogP contribution in [-0.2, 0) is 20.7 Å². The lowest BCUT2D eigenvalue weighted by Crippen LogP contribution is -2.68. The minimum absolute atomic E-state index is 0.0642. The van der Waals surface area contributed by atoms with Crippen LogP contribution in [0.2, 0.25) is 0 Å². The number of carbonyl (C=O) groups is 1. The average molecular weight is 701 g/mol. The molecule has 3 saturated heterocycles. The molecule has 51 heavy (non-hydrogen) atoms. The van der Waals surface area contributed by atoms with Gasteiger partial charge >= 0.3 is 0 Å². The van der Waals surface area contributed by atoms with Crippen LogP contribution >= 0.6 is 0 Å². The molecular formula is C37H38F2N6O6. The van der Waals surface area contributed by atoms with Gasteiger partial charge in [0, 0.05) is 48.5 Å². The third-order valence-corrected chi connectivity index (χ3v) is 9.22. The average Bonchev–Trinajstić information content (AvgIpc) is 3.80. The second kappa shape index (κ2) is 15.7. The number of aryl methyl sites for hydroxylation is 1. The first-order chi connectivity index (χ1) is 24.8. The number of nitrogens with zero attached hydrogens (tertiary/aromatic N) is 5. The number of aromatic nitrogens is 4. The highest BCUT2D eigenvalue weighted by molar-refractivity contribution is 6.05. The van der Waals surface area contributed by atoms with E-state index in [0.717, 1.165) is 54.6 Å². The zero-order chi connectivity index (χ0) is 36.0. The van der Waals surface area contributed by atoms with E-state index in [1.165, 1.54) is 0 Å². The van der Waals surface area contributed by atoms with Crippen molar-refractivity contribution in [3.05, 3.63) is 87.9 Å². The molecule has 3 fully saturated rings. The first-order valence-electron chi connectivity index (χ1n) is 16.8. The molecule has 2 N–H and O–H groups in total. The van der Waals surface area contributed by atoms with Crippen LogP contribution in [0.5, 0.6) is 0 Å². The molecule has 0 saturated carbocycles. The number of halogens is 2. The van der Waals surface area contributed by atoms with Crippen LogP contribution in [0.3, 0.4) is 0 Å². The fourth-order valence-corrected chi connectivity index (χ4v) is 6.47. The number of aromatic amines is 1. The molecular weight excluding hydrogens is 662 g/mol. The monoisotopic (exact) mass is 700 g/mol. The van der Waals surface area contributed by atoms with Gasteiger partial charge < -0.3 is 33.8 Å². The topological polar surface area (TPSA) is 147 Å². The van der Waals surface area contributed by atoms with Crippen molar-refractivity contribution in [3.63, 3.8) is 0 Å². The lowest BCUT2D eigenvalue weighted by Gasteiger charge is -2.53. The van der Waals surface area contributed by atoms with Gasteiger partial charge in [-0.1, -0.05) is 30.9 Å². The number of alkyl halides is 2. The molecule has 0 bridgehead atoms. The van der Waals surface area contributed by atoms with Crippen molar-refractivity contribution in [2.24, 2.45) is 0 Å². The first kappa shape index (κ1) is 35.4. The highest BCUT2D eigenvalue weighted by atomic mass is 19.3. The second-order valence-electron chi connectivity index (χ2n) is 12.3. The fourth-order valence-electron chi connectivity index (χ4n) is 6.47. The number of anilines is 2. The zero-order valence-corrected chi connectivity index (χ0v) is 28.3. The van der Waals surface area contributed by atoms with E-state index in [2.05, 4.69) is 50.5 Å². The van der Waals surface area contributed by atoms with Gasteiger partial charge in [-0.15, -0.1) is 0 Å². The SMILES string of the molecule is CCc1ncccc1C#Cc1c[nH]c(=O)c(N2CCOC3(COC3)C2C)c1.FC(F)c1nc(N2CCCC2)c2oc3ccccc3c2n1.O=CO. The van der Waals surface area contributed by atoms with Gasteiger partial charge in [0.05, 0.1) is 31.6 Å². The van der Waals surface area contributed by atoms with Gasteiger partial charge in [0.1, 0.15) is 22.4 Å². The maximum Gasteiger partial charge on any atom is 0.297 e. The molecule has 1 unspecified atom stereocenters. The Labute approximate surface area is 292 Å².